The summed E-state index contributed by atoms with van der Waals surface area (Å²) in [4.78, 5) is 15.2. The van der Waals surface area contributed by atoms with Crippen LogP contribution >= 0.6 is 0 Å². The molecule has 1 fully saturated rings. The van der Waals surface area contributed by atoms with E-state index >= 15 is 0 Å². The zero-order chi connectivity index (χ0) is 22.2. The van der Waals surface area contributed by atoms with Gasteiger partial charge in [-0.3, -0.25) is 10.1 Å². The van der Waals surface area contributed by atoms with Crippen molar-refractivity contribution < 1.29 is 29.3 Å². The molecule has 2 N–H and O–H groups in total. The molecule has 1 saturated heterocycles. The minimum absolute atomic E-state index is 0.0160. The van der Waals surface area contributed by atoms with Gasteiger partial charge in [0.25, 0.3) is 5.69 Å². The molecular formula is C22H28N2O7. The van der Waals surface area contributed by atoms with Gasteiger partial charge in [0.15, 0.2) is 6.29 Å². The Kier molecular flexibility index (Phi) is 8.30. The zero-order valence-electron chi connectivity index (χ0n) is 17.5. The van der Waals surface area contributed by atoms with Gasteiger partial charge in [-0.1, -0.05) is 6.07 Å². The fourth-order valence-electron chi connectivity index (χ4n) is 3.40. The van der Waals surface area contributed by atoms with Crippen molar-refractivity contribution in [1.82, 2.24) is 4.98 Å². The van der Waals surface area contributed by atoms with Crippen LogP contribution in [0.4, 0.5) is 5.69 Å². The molecule has 0 aliphatic carbocycles. The molecule has 0 radical (unpaired) electrons. The summed E-state index contributed by atoms with van der Waals surface area (Å²) in [5, 5.41) is 30.2. The van der Waals surface area contributed by atoms with Gasteiger partial charge < -0.3 is 24.4 Å². The first-order valence-electron chi connectivity index (χ1n) is 10.4. The van der Waals surface area contributed by atoms with E-state index in [4.69, 9.17) is 14.2 Å². The molecule has 3 rings (SSSR count). The highest BCUT2D eigenvalue weighted by Gasteiger charge is 2.16. The molecule has 1 aliphatic heterocycles. The molecule has 31 heavy (non-hydrogen) atoms. The average molecular weight is 432 g/mol. The van der Waals surface area contributed by atoms with Crippen LogP contribution in [0.2, 0.25) is 0 Å². The number of nitro benzene ring substituents is 1. The highest BCUT2D eigenvalue weighted by molar-refractivity contribution is 5.70. The maximum Gasteiger partial charge on any atom is 0.270 e. The van der Waals surface area contributed by atoms with Gasteiger partial charge in [-0.15, -0.1) is 0 Å². The SMILES string of the molecule is Cc1ccc([N+](=O)[O-])cc1-c1cc(CC(O)CO)nc(OCCOC2CCCCO2)c1. The number of nitro groups is 1. The number of ether oxygens (including phenoxy) is 3. The smallest absolute Gasteiger partial charge is 0.270 e. The molecule has 2 unspecified atom stereocenters. The molecule has 0 bridgehead atoms. The fraction of sp³-hybridized carbons (Fsp3) is 0.500. The van der Waals surface area contributed by atoms with Crippen LogP contribution in [0.3, 0.4) is 0 Å². The molecule has 9 nitrogen and oxygen atoms in total. The van der Waals surface area contributed by atoms with Crippen LogP contribution < -0.4 is 4.74 Å². The summed E-state index contributed by atoms with van der Waals surface area (Å²) in [6.07, 6.45) is 1.94. The highest BCUT2D eigenvalue weighted by atomic mass is 16.7. The van der Waals surface area contributed by atoms with Crippen molar-refractivity contribution in [1.29, 1.82) is 0 Å². The van der Waals surface area contributed by atoms with E-state index in [-0.39, 0.29) is 25.0 Å². The number of pyridine rings is 1. The first-order valence-corrected chi connectivity index (χ1v) is 10.4. The molecule has 1 aliphatic rings. The van der Waals surface area contributed by atoms with Gasteiger partial charge in [-0.05, 0) is 48.9 Å². The van der Waals surface area contributed by atoms with Crippen molar-refractivity contribution in [3.05, 3.63) is 51.7 Å². The van der Waals surface area contributed by atoms with E-state index in [0.717, 1.165) is 24.8 Å². The standard InChI is InChI=1S/C22H28N2O7/c1-15-5-6-18(24(27)28)13-20(15)16-10-17(12-19(26)14-25)23-21(11-16)29-8-9-31-22-4-2-3-7-30-22/h5-6,10-11,13,19,22,25-26H,2-4,7-9,12,14H2,1H3. The zero-order valence-corrected chi connectivity index (χ0v) is 17.5. The fourth-order valence-corrected chi connectivity index (χ4v) is 3.40. The third-order valence-electron chi connectivity index (χ3n) is 5.03. The van der Waals surface area contributed by atoms with Crippen molar-refractivity contribution in [2.24, 2.45) is 0 Å². The lowest BCUT2D eigenvalue weighted by molar-refractivity contribution is -0.384. The van der Waals surface area contributed by atoms with Crippen LogP contribution in [0.5, 0.6) is 5.88 Å². The number of hydrogen-bond donors (Lipinski definition) is 2. The summed E-state index contributed by atoms with van der Waals surface area (Å²) >= 11 is 0. The molecule has 0 saturated carbocycles. The van der Waals surface area contributed by atoms with Crippen molar-refractivity contribution in [3.63, 3.8) is 0 Å². The van der Waals surface area contributed by atoms with Crippen LogP contribution in [0.25, 0.3) is 11.1 Å². The van der Waals surface area contributed by atoms with E-state index in [1.807, 2.05) is 6.92 Å². The summed E-state index contributed by atoms with van der Waals surface area (Å²) in [6.45, 7) is 2.76. The van der Waals surface area contributed by atoms with Gasteiger partial charge in [0.05, 0.1) is 24.2 Å². The molecule has 2 heterocycles. The van der Waals surface area contributed by atoms with E-state index in [2.05, 4.69) is 4.98 Å². The number of rotatable bonds is 10. The predicted molar refractivity (Wildman–Crippen MR) is 113 cm³/mol. The number of aliphatic hydroxyl groups excluding tert-OH is 2. The van der Waals surface area contributed by atoms with Gasteiger partial charge in [-0.25, -0.2) is 4.98 Å². The van der Waals surface area contributed by atoms with Crippen LogP contribution in [0, 0.1) is 17.0 Å². The van der Waals surface area contributed by atoms with Gasteiger partial charge in [0.2, 0.25) is 5.88 Å². The van der Waals surface area contributed by atoms with Gasteiger partial charge in [-0.2, -0.15) is 0 Å². The third kappa shape index (κ3) is 6.70. The Balaban J connectivity index is 1.78. The maximum absolute atomic E-state index is 11.2. The number of aryl methyl sites for hydroxylation is 1. The summed E-state index contributed by atoms with van der Waals surface area (Å²) in [5.74, 6) is 0.316. The molecule has 168 valence electrons. The molecule has 9 heteroatoms. The molecule has 2 atom stereocenters. The van der Waals surface area contributed by atoms with Gasteiger partial charge >= 0.3 is 0 Å². The van der Waals surface area contributed by atoms with E-state index in [0.29, 0.717) is 35.9 Å². The van der Waals surface area contributed by atoms with E-state index < -0.39 is 17.6 Å². The topological polar surface area (TPSA) is 124 Å². The summed E-state index contributed by atoms with van der Waals surface area (Å²) < 4.78 is 17.0. The van der Waals surface area contributed by atoms with E-state index in [1.54, 1.807) is 18.2 Å². The van der Waals surface area contributed by atoms with Crippen LogP contribution in [-0.4, -0.2) is 58.9 Å². The highest BCUT2D eigenvalue weighted by Crippen LogP contribution is 2.30. The molecule has 0 spiro atoms. The quantitative estimate of drug-likeness (QED) is 0.334. The Labute approximate surface area is 180 Å². The second-order valence-corrected chi connectivity index (χ2v) is 7.50. The lowest BCUT2D eigenvalue weighted by atomic mass is 9.99. The molecule has 2 aromatic rings. The molecule has 0 amide bonds. The minimum Gasteiger partial charge on any atom is -0.475 e. The number of nitrogens with zero attached hydrogens (tertiary/aromatic N) is 2. The van der Waals surface area contributed by atoms with Crippen LogP contribution in [0.1, 0.15) is 30.5 Å². The summed E-state index contributed by atoms with van der Waals surface area (Å²) in [5.41, 5.74) is 2.71. The Morgan fingerprint density at radius 3 is 2.84 bits per heavy atom. The van der Waals surface area contributed by atoms with Crippen molar-refractivity contribution in [3.8, 4) is 17.0 Å². The molecule has 1 aromatic carbocycles. The minimum atomic E-state index is -0.964. The average Bonchev–Trinajstić information content (AvgIpc) is 2.77. The van der Waals surface area contributed by atoms with Gasteiger partial charge in [0, 0.05) is 36.9 Å². The van der Waals surface area contributed by atoms with Gasteiger partial charge in [0.1, 0.15) is 6.61 Å². The van der Waals surface area contributed by atoms with E-state index in [1.165, 1.54) is 12.1 Å². The molecule has 1 aromatic heterocycles. The Bertz CT molecular complexity index is 884. The Morgan fingerprint density at radius 1 is 1.29 bits per heavy atom. The van der Waals surface area contributed by atoms with Crippen LogP contribution in [0.15, 0.2) is 30.3 Å². The third-order valence-corrected chi connectivity index (χ3v) is 5.03. The number of benzene rings is 1. The van der Waals surface area contributed by atoms with Crippen molar-refractivity contribution in [2.75, 3.05) is 26.4 Å². The van der Waals surface area contributed by atoms with Crippen LogP contribution in [-0.2, 0) is 15.9 Å². The number of hydrogen-bond acceptors (Lipinski definition) is 8. The van der Waals surface area contributed by atoms with Crippen molar-refractivity contribution >= 4 is 5.69 Å². The first kappa shape index (κ1) is 23.1. The number of aliphatic hydroxyl groups is 2. The predicted octanol–water partition coefficient (Wildman–Crippen LogP) is 2.78. The Hall–Kier alpha value is -2.59. The number of non-ortho nitro benzene ring substituents is 1. The second kappa shape index (κ2) is 11.1. The second-order valence-electron chi connectivity index (χ2n) is 7.50. The van der Waals surface area contributed by atoms with E-state index in [9.17, 15) is 20.3 Å². The monoisotopic (exact) mass is 432 g/mol. The normalized spacial score (nSPS) is 17.3. The molecular weight excluding hydrogens is 404 g/mol. The summed E-state index contributed by atoms with van der Waals surface area (Å²) in [6, 6.07) is 8.10. The summed E-state index contributed by atoms with van der Waals surface area (Å²) in [7, 11) is 0. The van der Waals surface area contributed by atoms with Crippen molar-refractivity contribution in [2.45, 2.75) is 45.0 Å². The maximum atomic E-state index is 11.2. The number of aromatic nitrogens is 1. The lowest BCUT2D eigenvalue weighted by Gasteiger charge is -2.22. The first-order chi connectivity index (χ1) is 15.0. The largest absolute Gasteiger partial charge is 0.475 e. The Morgan fingerprint density at radius 2 is 2.13 bits per heavy atom. The lowest BCUT2D eigenvalue weighted by Crippen LogP contribution is -2.24.